The van der Waals surface area contributed by atoms with Crippen molar-refractivity contribution >= 4 is 38.9 Å². The Hall–Kier alpha value is -2.05. The molecule has 5 nitrogen and oxygen atoms in total. The Kier molecular flexibility index (Phi) is 5.85. The molecule has 1 atom stereocenters. The molecule has 0 heterocycles. The first-order chi connectivity index (χ1) is 11.3. The number of carbonyl (C=O) groups excluding carboxylic acids is 1. The third kappa shape index (κ3) is 4.49. The first kappa shape index (κ1) is 18.3. The molecule has 0 aliphatic heterocycles. The number of anilines is 2. The zero-order valence-electron chi connectivity index (χ0n) is 13.4. The highest BCUT2D eigenvalue weighted by Gasteiger charge is 2.31. The lowest BCUT2D eigenvalue weighted by atomic mass is 10.2. The van der Waals surface area contributed by atoms with Crippen molar-refractivity contribution in [2.24, 2.45) is 0 Å². The fraction of sp³-hybridized carbons (Fsp3) is 0.235. The number of rotatable bonds is 6. The van der Waals surface area contributed by atoms with Crippen molar-refractivity contribution in [3.8, 4) is 0 Å². The topological polar surface area (TPSA) is 66.5 Å². The summed E-state index contributed by atoms with van der Waals surface area (Å²) in [5.74, 6) is -0.394. The fourth-order valence-corrected chi connectivity index (χ4v) is 3.73. The van der Waals surface area contributed by atoms with Crippen LogP contribution in [-0.2, 0) is 14.8 Å². The molecule has 1 unspecified atom stereocenters. The van der Waals surface area contributed by atoms with Gasteiger partial charge < -0.3 is 5.32 Å². The molecule has 2 rings (SSSR count). The number of hydrogen-bond donors (Lipinski definition) is 1. The number of halogens is 1. The van der Waals surface area contributed by atoms with Crippen molar-refractivity contribution in [3.63, 3.8) is 0 Å². The summed E-state index contributed by atoms with van der Waals surface area (Å²) in [6, 6.07) is 14.4. The summed E-state index contributed by atoms with van der Waals surface area (Å²) in [5.41, 5.74) is 1.02. The van der Waals surface area contributed by atoms with Gasteiger partial charge in [0.1, 0.15) is 6.04 Å². The molecule has 0 aromatic heterocycles. The highest BCUT2D eigenvalue weighted by Crippen LogP contribution is 2.23. The summed E-state index contributed by atoms with van der Waals surface area (Å²) in [6.45, 7) is 1.77. The van der Waals surface area contributed by atoms with E-state index >= 15 is 0 Å². The van der Waals surface area contributed by atoms with E-state index in [9.17, 15) is 13.2 Å². The van der Waals surface area contributed by atoms with E-state index in [2.05, 4.69) is 5.32 Å². The van der Waals surface area contributed by atoms with Gasteiger partial charge in [0.05, 0.1) is 11.9 Å². The minimum absolute atomic E-state index is 0.335. The molecule has 1 N–H and O–H groups in total. The second kappa shape index (κ2) is 7.68. The van der Waals surface area contributed by atoms with E-state index in [1.165, 1.54) is 0 Å². The van der Waals surface area contributed by atoms with Gasteiger partial charge in [0.25, 0.3) is 0 Å². The van der Waals surface area contributed by atoms with Crippen molar-refractivity contribution in [3.05, 3.63) is 59.6 Å². The smallest absolute Gasteiger partial charge is 0.248 e. The first-order valence-corrected chi connectivity index (χ1v) is 9.66. The third-order valence-electron chi connectivity index (χ3n) is 3.45. The zero-order chi connectivity index (χ0) is 17.7. The third-order valence-corrected chi connectivity index (χ3v) is 4.88. The molecule has 0 fully saturated rings. The van der Waals surface area contributed by atoms with Crippen LogP contribution in [0.2, 0.25) is 5.02 Å². The number of amides is 1. The number of nitrogens with one attached hydrogen (secondary N) is 1. The molecule has 24 heavy (non-hydrogen) atoms. The van der Waals surface area contributed by atoms with Gasteiger partial charge in [-0.1, -0.05) is 36.7 Å². The number of para-hydroxylation sites is 1. The van der Waals surface area contributed by atoms with Crippen LogP contribution in [0.1, 0.15) is 13.3 Å². The van der Waals surface area contributed by atoms with E-state index < -0.39 is 22.0 Å². The van der Waals surface area contributed by atoms with Crippen molar-refractivity contribution in [1.29, 1.82) is 0 Å². The van der Waals surface area contributed by atoms with E-state index in [1.54, 1.807) is 61.5 Å². The van der Waals surface area contributed by atoms with E-state index in [4.69, 9.17) is 11.6 Å². The molecule has 0 spiro atoms. The highest BCUT2D eigenvalue weighted by molar-refractivity contribution is 7.92. The van der Waals surface area contributed by atoms with Gasteiger partial charge in [0.15, 0.2) is 0 Å². The molecular weight excluding hydrogens is 348 g/mol. The Morgan fingerprint density at radius 1 is 1.12 bits per heavy atom. The van der Waals surface area contributed by atoms with Gasteiger partial charge in [-0.3, -0.25) is 9.10 Å². The molecule has 0 aliphatic carbocycles. The molecule has 128 valence electrons. The maximum Gasteiger partial charge on any atom is 0.248 e. The Morgan fingerprint density at radius 3 is 2.21 bits per heavy atom. The predicted octanol–water partition coefficient (Wildman–Crippen LogP) is 3.52. The van der Waals surface area contributed by atoms with E-state index in [0.717, 1.165) is 10.6 Å². The van der Waals surface area contributed by atoms with Gasteiger partial charge in [-0.15, -0.1) is 0 Å². The Bertz CT molecular complexity index is 792. The first-order valence-electron chi connectivity index (χ1n) is 7.44. The minimum Gasteiger partial charge on any atom is -0.324 e. The minimum atomic E-state index is -3.62. The monoisotopic (exact) mass is 366 g/mol. The molecule has 7 heteroatoms. The summed E-state index contributed by atoms with van der Waals surface area (Å²) in [4.78, 5) is 12.6. The summed E-state index contributed by atoms with van der Waals surface area (Å²) < 4.78 is 25.7. The Balaban J connectivity index is 2.32. The van der Waals surface area contributed by atoms with Crippen molar-refractivity contribution in [1.82, 2.24) is 0 Å². The number of nitrogens with zero attached hydrogens (tertiary/aromatic N) is 1. The van der Waals surface area contributed by atoms with Gasteiger partial charge >= 0.3 is 0 Å². The summed E-state index contributed by atoms with van der Waals surface area (Å²) in [7, 11) is -3.62. The zero-order valence-corrected chi connectivity index (χ0v) is 15.0. The largest absolute Gasteiger partial charge is 0.324 e. The fourth-order valence-electron chi connectivity index (χ4n) is 2.39. The molecule has 0 saturated heterocycles. The van der Waals surface area contributed by atoms with Gasteiger partial charge in [-0.05, 0) is 42.8 Å². The molecule has 2 aromatic rings. The van der Waals surface area contributed by atoms with Crippen molar-refractivity contribution < 1.29 is 13.2 Å². The molecule has 0 saturated carbocycles. The van der Waals surface area contributed by atoms with Crippen LogP contribution in [0.15, 0.2) is 54.6 Å². The van der Waals surface area contributed by atoms with Crippen LogP contribution in [0.3, 0.4) is 0 Å². The maximum absolute atomic E-state index is 12.6. The van der Waals surface area contributed by atoms with Crippen LogP contribution in [0, 0.1) is 0 Å². The molecular formula is C17H19ClN2O3S. The number of carbonyl (C=O) groups is 1. The van der Waals surface area contributed by atoms with Gasteiger partial charge in [0, 0.05) is 10.7 Å². The lowest BCUT2D eigenvalue weighted by Crippen LogP contribution is -2.46. The molecule has 2 aromatic carbocycles. The number of benzene rings is 2. The van der Waals surface area contributed by atoms with E-state index in [0.29, 0.717) is 22.8 Å². The summed E-state index contributed by atoms with van der Waals surface area (Å²) in [6.07, 6.45) is 1.43. The average molecular weight is 367 g/mol. The van der Waals surface area contributed by atoms with Crippen LogP contribution in [0.5, 0.6) is 0 Å². The van der Waals surface area contributed by atoms with Gasteiger partial charge in [-0.25, -0.2) is 8.42 Å². The van der Waals surface area contributed by atoms with Crippen LogP contribution < -0.4 is 9.62 Å². The van der Waals surface area contributed by atoms with E-state index in [-0.39, 0.29) is 0 Å². The number of sulfonamides is 1. The van der Waals surface area contributed by atoms with Crippen molar-refractivity contribution in [2.45, 2.75) is 19.4 Å². The lowest BCUT2D eigenvalue weighted by molar-refractivity contribution is -0.117. The SMILES string of the molecule is CCC(C(=O)Nc1ccc(Cl)cc1)N(c1ccccc1)S(C)(=O)=O. The van der Waals surface area contributed by atoms with E-state index in [1.807, 2.05) is 0 Å². The second-order valence-electron chi connectivity index (χ2n) is 5.31. The standard InChI is InChI=1S/C17H19ClN2O3S/c1-3-16(17(21)19-14-11-9-13(18)10-12-14)20(24(2,22)23)15-7-5-4-6-8-15/h4-12,16H,3H2,1-2H3,(H,19,21). The van der Waals surface area contributed by atoms with Crippen LogP contribution in [-0.4, -0.2) is 26.6 Å². The Morgan fingerprint density at radius 2 is 1.71 bits per heavy atom. The summed E-state index contributed by atoms with van der Waals surface area (Å²) in [5, 5.41) is 3.30. The predicted molar refractivity (Wildman–Crippen MR) is 97.9 cm³/mol. The van der Waals surface area contributed by atoms with Crippen LogP contribution in [0.4, 0.5) is 11.4 Å². The summed E-state index contributed by atoms with van der Waals surface area (Å²) >= 11 is 5.83. The second-order valence-corrected chi connectivity index (χ2v) is 7.61. The average Bonchev–Trinajstić information content (AvgIpc) is 2.54. The highest BCUT2D eigenvalue weighted by atomic mass is 35.5. The molecule has 1 amide bonds. The molecule has 0 aliphatic rings. The Labute approximate surface area is 147 Å². The van der Waals surface area contributed by atoms with Crippen molar-refractivity contribution in [2.75, 3.05) is 15.9 Å². The van der Waals surface area contributed by atoms with Crippen LogP contribution in [0.25, 0.3) is 0 Å². The molecule has 0 bridgehead atoms. The van der Waals surface area contributed by atoms with Gasteiger partial charge in [-0.2, -0.15) is 0 Å². The normalized spacial score (nSPS) is 12.5. The maximum atomic E-state index is 12.6. The van der Waals surface area contributed by atoms with Gasteiger partial charge in [0.2, 0.25) is 15.9 Å². The molecule has 0 radical (unpaired) electrons. The lowest BCUT2D eigenvalue weighted by Gasteiger charge is -2.30. The number of hydrogen-bond acceptors (Lipinski definition) is 3. The quantitative estimate of drug-likeness (QED) is 0.850. The van der Waals surface area contributed by atoms with Crippen LogP contribution >= 0.6 is 11.6 Å².